The lowest BCUT2D eigenvalue weighted by Crippen LogP contribution is -2.49. The van der Waals surface area contributed by atoms with E-state index in [2.05, 4.69) is 61.6 Å². The van der Waals surface area contributed by atoms with Gasteiger partial charge in [-0.3, -0.25) is 9.78 Å². The molecule has 35 heavy (non-hydrogen) atoms. The minimum atomic E-state index is -0.0416. The van der Waals surface area contributed by atoms with Gasteiger partial charge in [0.25, 0.3) is 5.91 Å². The number of anilines is 1. The van der Waals surface area contributed by atoms with E-state index in [1.807, 2.05) is 17.0 Å². The van der Waals surface area contributed by atoms with E-state index in [1.165, 1.54) is 35.1 Å². The number of benzene rings is 1. The van der Waals surface area contributed by atoms with E-state index in [0.717, 1.165) is 24.7 Å². The summed E-state index contributed by atoms with van der Waals surface area (Å²) in [6.07, 6.45) is 8.24. The SMILES string of the molecule is Cc1cc2c(cc1Cc1ccc(C(=O)N3CCN(c4cnccn4)CC3)o1)C(C)(C)CCC2(C)C. The number of aromatic nitrogens is 2. The summed E-state index contributed by atoms with van der Waals surface area (Å²) in [5.41, 5.74) is 5.88. The summed E-state index contributed by atoms with van der Waals surface area (Å²) in [4.78, 5) is 25.6. The number of hydrogen-bond acceptors (Lipinski definition) is 5. The molecule has 1 amide bonds. The van der Waals surface area contributed by atoms with Gasteiger partial charge >= 0.3 is 0 Å². The van der Waals surface area contributed by atoms with Gasteiger partial charge in [0.2, 0.25) is 0 Å². The quantitative estimate of drug-likeness (QED) is 0.517. The molecule has 0 radical (unpaired) electrons. The topological polar surface area (TPSA) is 62.5 Å². The highest BCUT2D eigenvalue weighted by atomic mass is 16.4. The average molecular weight is 473 g/mol. The van der Waals surface area contributed by atoms with Crippen molar-refractivity contribution >= 4 is 11.7 Å². The standard InChI is InChI=1S/C29H36N4O2/c1-20-16-23-24(29(4,5)9-8-28(23,2)3)18-21(20)17-22-6-7-25(35-22)27(34)33-14-12-32(13-15-33)26-19-30-10-11-31-26/h6-7,10-11,16,18-19H,8-9,12-15,17H2,1-5H3. The van der Waals surface area contributed by atoms with Crippen molar-refractivity contribution in [3.8, 4) is 0 Å². The molecular weight excluding hydrogens is 436 g/mol. The zero-order valence-corrected chi connectivity index (χ0v) is 21.6. The minimum absolute atomic E-state index is 0.0416. The van der Waals surface area contributed by atoms with Gasteiger partial charge in [-0.2, -0.15) is 0 Å². The largest absolute Gasteiger partial charge is 0.456 e. The van der Waals surface area contributed by atoms with E-state index in [0.29, 0.717) is 25.3 Å². The molecule has 0 unspecified atom stereocenters. The average Bonchev–Trinajstić information content (AvgIpc) is 3.32. The summed E-state index contributed by atoms with van der Waals surface area (Å²) in [7, 11) is 0. The van der Waals surface area contributed by atoms with Gasteiger partial charge in [0.15, 0.2) is 5.76 Å². The molecule has 2 aromatic heterocycles. The van der Waals surface area contributed by atoms with E-state index >= 15 is 0 Å². The predicted molar refractivity (Wildman–Crippen MR) is 138 cm³/mol. The number of carbonyl (C=O) groups is 1. The first-order chi connectivity index (χ1) is 16.6. The number of piperazine rings is 1. The van der Waals surface area contributed by atoms with Crippen LogP contribution in [0.25, 0.3) is 0 Å². The van der Waals surface area contributed by atoms with Crippen LogP contribution in [0.3, 0.4) is 0 Å². The maximum Gasteiger partial charge on any atom is 0.289 e. The molecule has 6 heteroatoms. The van der Waals surface area contributed by atoms with Crippen LogP contribution in [0.15, 0.2) is 47.3 Å². The molecule has 0 N–H and O–H groups in total. The Bertz CT molecular complexity index is 1220. The molecule has 5 rings (SSSR count). The second-order valence-electron chi connectivity index (χ2n) is 11.4. The van der Waals surface area contributed by atoms with Crippen LogP contribution in [0, 0.1) is 6.92 Å². The minimum Gasteiger partial charge on any atom is -0.456 e. The third kappa shape index (κ3) is 4.58. The Balaban J connectivity index is 1.29. The molecule has 1 aromatic carbocycles. The number of amides is 1. The Morgan fingerprint density at radius 1 is 0.971 bits per heavy atom. The summed E-state index contributed by atoms with van der Waals surface area (Å²) in [5, 5.41) is 0. The first kappa shape index (κ1) is 23.6. The van der Waals surface area contributed by atoms with Crippen LogP contribution < -0.4 is 4.90 Å². The van der Waals surface area contributed by atoms with Crippen molar-refractivity contribution in [3.63, 3.8) is 0 Å². The third-order valence-corrected chi connectivity index (χ3v) is 7.99. The van der Waals surface area contributed by atoms with E-state index in [4.69, 9.17) is 4.42 Å². The molecule has 1 fully saturated rings. The summed E-state index contributed by atoms with van der Waals surface area (Å²) >= 11 is 0. The van der Waals surface area contributed by atoms with Gasteiger partial charge in [-0.25, -0.2) is 4.98 Å². The van der Waals surface area contributed by atoms with E-state index in [9.17, 15) is 4.79 Å². The molecule has 0 bridgehead atoms. The zero-order valence-electron chi connectivity index (χ0n) is 21.6. The van der Waals surface area contributed by atoms with Crippen molar-refractivity contribution in [3.05, 3.63) is 76.6 Å². The van der Waals surface area contributed by atoms with Crippen LogP contribution in [-0.4, -0.2) is 47.0 Å². The van der Waals surface area contributed by atoms with Gasteiger partial charge < -0.3 is 14.2 Å². The van der Waals surface area contributed by atoms with Crippen LogP contribution in [0.2, 0.25) is 0 Å². The number of carbonyl (C=O) groups excluding carboxylic acids is 1. The van der Waals surface area contributed by atoms with Crippen LogP contribution >= 0.6 is 0 Å². The first-order valence-corrected chi connectivity index (χ1v) is 12.7. The normalized spacial score (nSPS) is 18.9. The van der Waals surface area contributed by atoms with Gasteiger partial charge in [-0.05, 0) is 65.0 Å². The van der Waals surface area contributed by atoms with Crippen molar-refractivity contribution in [1.29, 1.82) is 0 Å². The molecule has 0 atom stereocenters. The molecule has 6 nitrogen and oxygen atoms in total. The van der Waals surface area contributed by atoms with Crippen molar-refractivity contribution in [2.45, 2.75) is 64.7 Å². The number of furan rings is 1. The molecule has 2 aliphatic rings. The molecule has 3 heterocycles. The Morgan fingerprint density at radius 2 is 1.66 bits per heavy atom. The van der Waals surface area contributed by atoms with Gasteiger partial charge in [0.05, 0.1) is 6.20 Å². The first-order valence-electron chi connectivity index (χ1n) is 12.7. The number of fused-ring (bicyclic) bond motifs is 1. The number of rotatable bonds is 4. The molecule has 3 aromatic rings. The molecular formula is C29H36N4O2. The fraction of sp³-hybridized carbons (Fsp3) is 0.483. The lowest BCUT2D eigenvalue weighted by Gasteiger charge is -2.42. The summed E-state index contributed by atoms with van der Waals surface area (Å²) in [6, 6.07) is 8.56. The molecule has 1 saturated heterocycles. The van der Waals surface area contributed by atoms with Crippen molar-refractivity contribution in [2.24, 2.45) is 0 Å². The molecule has 1 aliphatic carbocycles. The zero-order chi connectivity index (χ0) is 24.8. The fourth-order valence-corrected chi connectivity index (χ4v) is 5.48. The number of nitrogens with zero attached hydrogens (tertiary/aromatic N) is 4. The van der Waals surface area contributed by atoms with Crippen LogP contribution in [0.4, 0.5) is 5.82 Å². The maximum atomic E-state index is 13.1. The molecule has 0 saturated carbocycles. The van der Waals surface area contributed by atoms with Gasteiger partial charge in [0, 0.05) is 45.0 Å². The van der Waals surface area contributed by atoms with Crippen molar-refractivity contribution in [1.82, 2.24) is 14.9 Å². The highest BCUT2D eigenvalue weighted by molar-refractivity contribution is 5.91. The second-order valence-corrected chi connectivity index (χ2v) is 11.4. The van der Waals surface area contributed by atoms with Crippen LogP contribution in [-0.2, 0) is 17.3 Å². The summed E-state index contributed by atoms with van der Waals surface area (Å²) in [5.74, 6) is 2.07. The molecule has 184 valence electrons. The Labute approximate surface area is 208 Å². The Hall–Kier alpha value is -3.15. The lowest BCUT2D eigenvalue weighted by molar-refractivity contribution is 0.0712. The number of hydrogen-bond donors (Lipinski definition) is 0. The van der Waals surface area contributed by atoms with Gasteiger partial charge in [0.1, 0.15) is 11.6 Å². The van der Waals surface area contributed by atoms with E-state index in [-0.39, 0.29) is 16.7 Å². The highest BCUT2D eigenvalue weighted by Crippen LogP contribution is 2.46. The van der Waals surface area contributed by atoms with Crippen molar-refractivity contribution < 1.29 is 9.21 Å². The van der Waals surface area contributed by atoms with E-state index in [1.54, 1.807) is 18.6 Å². The monoisotopic (exact) mass is 472 g/mol. The van der Waals surface area contributed by atoms with Crippen molar-refractivity contribution in [2.75, 3.05) is 31.1 Å². The smallest absolute Gasteiger partial charge is 0.289 e. The van der Waals surface area contributed by atoms with Crippen LogP contribution in [0.1, 0.15) is 79.1 Å². The molecule has 0 spiro atoms. The molecule has 1 aliphatic heterocycles. The van der Waals surface area contributed by atoms with Gasteiger partial charge in [-0.1, -0.05) is 39.8 Å². The maximum absolute atomic E-state index is 13.1. The fourth-order valence-electron chi connectivity index (χ4n) is 5.48. The van der Waals surface area contributed by atoms with Crippen LogP contribution in [0.5, 0.6) is 0 Å². The summed E-state index contributed by atoms with van der Waals surface area (Å²) < 4.78 is 6.08. The van der Waals surface area contributed by atoms with Gasteiger partial charge in [-0.15, -0.1) is 0 Å². The number of aryl methyl sites for hydroxylation is 1. The predicted octanol–water partition coefficient (Wildman–Crippen LogP) is 5.28. The summed E-state index contributed by atoms with van der Waals surface area (Å²) in [6.45, 7) is 14.4. The Morgan fingerprint density at radius 3 is 2.31 bits per heavy atom. The third-order valence-electron chi connectivity index (χ3n) is 7.99. The highest BCUT2D eigenvalue weighted by Gasteiger charge is 2.37. The lowest BCUT2D eigenvalue weighted by atomic mass is 9.62. The van der Waals surface area contributed by atoms with E-state index < -0.39 is 0 Å². The Kier molecular flexibility index (Phi) is 5.94. The second kappa shape index (κ2) is 8.81.